The van der Waals surface area contributed by atoms with Gasteiger partial charge in [-0.2, -0.15) is 0 Å². The third-order valence-electron chi connectivity index (χ3n) is 1.53. The Balaban J connectivity index is 4.24. The van der Waals surface area contributed by atoms with Crippen LogP contribution in [0.4, 0.5) is 0 Å². The van der Waals surface area contributed by atoms with Gasteiger partial charge in [-0.1, -0.05) is 0 Å². The van der Waals surface area contributed by atoms with Gasteiger partial charge in [0.1, 0.15) is 6.04 Å². The highest BCUT2D eigenvalue weighted by molar-refractivity contribution is 5.84. The van der Waals surface area contributed by atoms with Crippen LogP contribution in [-0.2, 0) is 4.79 Å². The normalized spacial score (nSPS) is 14.3. The number of nitrogens with two attached hydrogens (primary N) is 1. The summed E-state index contributed by atoms with van der Waals surface area (Å²) in [7, 11) is 3.10. The third-order valence-corrected chi connectivity index (χ3v) is 1.53. The predicted molar refractivity (Wildman–Crippen MR) is 42.4 cm³/mol. The van der Waals surface area contributed by atoms with Crippen molar-refractivity contribution in [3.63, 3.8) is 0 Å². The number of aliphatic carboxylic acids is 1. The molecule has 0 aliphatic rings. The number of likely N-dealkylation sites (N-methyl/N-ethyl adjacent to an activating group) is 1. The molecule has 3 N–H and O–H groups in total. The van der Waals surface area contributed by atoms with E-state index >= 15 is 0 Å². The highest BCUT2D eigenvalue weighted by Crippen LogP contribution is 1.93. The van der Waals surface area contributed by atoms with Crippen LogP contribution >= 0.6 is 0 Å². The molecule has 1 atom stereocenters. The Morgan fingerprint density at radius 1 is 1.73 bits per heavy atom. The summed E-state index contributed by atoms with van der Waals surface area (Å²) < 4.78 is 0. The van der Waals surface area contributed by atoms with Crippen LogP contribution in [0, 0.1) is 0 Å². The molecule has 0 aromatic heterocycles. The van der Waals surface area contributed by atoms with E-state index in [-0.39, 0.29) is 5.96 Å². The second-order valence-electron chi connectivity index (χ2n) is 2.21. The van der Waals surface area contributed by atoms with Gasteiger partial charge in [-0.05, 0) is 6.92 Å². The number of carbonyl (C=O) groups is 1. The third kappa shape index (κ3) is 2.45. The van der Waals surface area contributed by atoms with E-state index in [1.165, 1.54) is 11.9 Å². The van der Waals surface area contributed by atoms with Gasteiger partial charge < -0.3 is 15.7 Å². The second-order valence-corrected chi connectivity index (χ2v) is 2.21. The summed E-state index contributed by atoms with van der Waals surface area (Å²) in [5, 5.41) is 8.54. The summed E-state index contributed by atoms with van der Waals surface area (Å²) in [6, 6.07) is -0.640. The second kappa shape index (κ2) is 3.80. The van der Waals surface area contributed by atoms with Crippen molar-refractivity contribution in [2.45, 2.75) is 13.0 Å². The number of carboxylic acid groups (broad SMARTS) is 1. The number of hydrogen-bond acceptors (Lipinski definition) is 2. The molecule has 64 valence electrons. The molecule has 0 saturated heterocycles. The van der Waals surface area contributed by atoms with Crippen molar-refractivity contribution in [2.24, 2.45) is 10.7 Å². The van der Waals surface area contributed by atoms with Crippen molar-refractivity contribution in [3.05, 3.63) is 0 Å². The Hall–Kier alpha value is -1.26. The molecule has 5 heteroatoms. The standard InChI is InChI=1S/C6H13N3O2/c1-4(5(10)11)9(3)6(7)8-2/h4H,1-3H3,(H2,7,8)(H,10,11). The van der Waals surface area contributed by atoms with Gasteiger partial charge in [0.15, 0.2) is 5.96 Å². The molecule has 0 spiro atoms. The first-order chi connectivity index (χ1) is 5.00. The molecular weight excluding hydrogens is 146 g/mol. The maximum Gasteiger partial charge on any atom is 0.326 e. The fourth-order valence-electron chi connectivity index (χ4n) is 0.522. The molecule has 0 amide bonds. The van der Waals surface area contributed by atoms with Gasteiger partial charge in [-0.3, -0.25) is 4.99 Å². The summed E-state index contributed by atoms with van der Waals surface area (Å²) in [5.41, 5.74) is 5.37. The lowest BCUT2D eigenvalue weighted by molar-refractivity contribution is -0.140. The molecule has 0 aromatic rings. The summed E-state index contributed by atoms with van der Waals surface area (Å²) in [4.78, 5) is 15.4. The number of rotatable bonds is 2. The number of hydrogen-bond donors (Lipinski definition) is 2. The Bertz CT molecular complexity index is 179. The van der Waals surface area contributed by atoms with Gasteiger partial charge >= 0.3 is 5.97 Å². The van der Waals surface area contributed by atoms with Gasteiger partial charge in [0.2, 0.25) is 0 Å². The molecule has 11 heavy (non-hydrogen) atoms. The highest BCUT2D eigenvalue weighted by atomic mass is 16.4. The summed E-state index contributed by atoms with van der Waals surface area (Å²) >= 11 is 0. The van der Waals surface area contributed by atoms with Crippen LogP contribution in [0.3, 0.4) is 0 Å². The van der Waals surface area contributed by atoms with E-state index in [2.05, 4.69) is 4.99 Å². The van der Waals surface area contributed by atoms with E-state index in [1.807, 2.05) is 0 Å². The SMILES string of the molecule is CN=C(N)N(C)C(C)C(=O)O. The van der Waals surface area contributed by atoms with E-state index in [0.717, 1.165) is 0 Å². The number of guanidine groups is 1. The number of nitrogens with zero attached hydrogens (tertiary/aromatic N) is 2. The van der Waals surface area contributed by atoms with Gasteiger partial charge in [0, 0.05) is 14.1 Å². The van der Waals surface area contributed by atoms with Gasteiger partial charge in [0.25, 0.3) is 0 Å². The maximum absolute atomic E-state index is 10.4. The van der Waals surface area contributed by atoms with Crippen LogP contribution in [0.25, 0.3) is 0 Å². The van der Waals surface area contributed by atoms with Gasteiger partial charge in [-0.25, -0.2) is 4.79 Å². The van der Waals surface area contributed by atoms with Crippen LogP contribution < -0.4 is 5.73 Å². The van der Waals surface area contributed by atoms with Crippen molar-refractivity contribution in [2.75, 3.05) is 14.1 Å². The lowest BCUT2D eigenvalue weighted by Gasteiger charge is -2.21. The fourth-order valence-corrected chi connectivity index (χ4v) is 0.522. The molecular formula is C6H13N3O2. The lowest BCUT2D eigenvalue weighted by atomic mass is 10.3. The molecule has 0 radical (unpaired) electrons. The molecule has 0 aliphatic carbocycles. The van der Waals surface area contributed by atoms with Crippen molar-refractivity contribution < 1.29 is 9.90 Å². The minimum absolute atomic E-state index is 0.222. The maximum atomic E-state index is 10.4. The number of aliphatic imine (C=N–C) groups is 1. The molecule has 1 unspecified atom stereocenters. The molecule has 0 saturated carbocycles. The van der Waals surface area contributed by atoms with Crippen molar-refractivity contribution in [1.82, 2.24) is 4.90 Å². The van der Waals surface area contributed by atoms with E-state index in [9.17, 15) is 4.79 Å². The molecule has 5 nitrogen and oxygen atoms in total. The smallest absolute Gasteiger partial charge is 0.326 e. The zero-order valence-corrected chi connectivity index (χ0v) is 6.90. The summed E-state index contributed by atoms with van der Waals surface area (Å²) in [5.74, 6) is -0.695. The molecule has 0 bridgehead atoms. The van der Waals surface area contributed by atoms with Crippen LogP contribution in [0.5, 0.6) is 0 Å². The molecule has 0 aromatic carbocycles. The monoisotopic (exact) mass is 159 g/mol. The largest absolute Gasteiger partial charge is 0.480 e. The highest BCUT2D eigenvalue weighted by Gasteiger charge is 2.17. The Morgan fingerprint density at radius 3 is 2.45 bits per heavy atom. The zero-order chi connectivity index (χ0) is 9.02. The van der Waals surface area contributed by atoms with E-state index < -0.39 is 12.0 Å². The quantitative estimate of drug-likeness (QED) is 0.414. The average molecular weight is 159 g/mol. The first-order valence-electron chi connectivity index (χ1n) is 3.18. The summed E-state index contributed by atoms with van der Waals surface area (Å²) in [6.07, 6.45) is 0. The minimum atomic E-state index is -0.917. The molecule has 0 fully saturated rings. The first kappa shape index (κ1) is 9.74. The average Bonchev–Trinajstić information content (AvgIpc) is 2.00. The molecule has 0 rings (SSSR count). The summed E-state index contributed by atoms with van der Waals surface area (Å²) in [6.45, 7) is 1.54. The number of carboxylic acids is 1. The van der Waals surface area contributed by atoms with Gasteiger partial charge in [0.05, 0.1) is 0 Å². The van der Waals surface area contributed by atoms with E-state index in [0.29, 0.717) is 0 Å². The van der Waals surface area contributed by atoms with Crippen molar-refractivity contribution in [3.8, 4) is 0 Å². The predicted octanol–water partition coefficient (Wildman–Crippen LogP) is -0.664. The molecule has 0 aliphatic heterocycles. The Morgan fingerprint density at radius 2 is 2.18 bits per heavy atom. The Kier molecular flexibility index (Phi) is 3.36. The molecule has 0 heterocycles. The van der Waals surface area contributed by atoms with E-state index in [1.54, 1.807) is 14.0 Å². The van der Waals surface area contributed by atoms with Crippen molar-refractivity contribution >= 4 is 11.9 Å². The lowest BCUT2D eigenvalue weighted by Crippen LogP contribution is -2.44. The van der Waals surface area contributed by atoms with E-state index in [4.69, 9.17) is 10.8 Å². The zero-order valence-electron chi connectivity index (χ0n) is 6.90. The first-order valence-corrected chi connectivity index (χ1v) is 3.18. The van der Waals surface area contributed by atoms with Crippen LogP contribution in [0.1, 0.15) is 6.92 Å². The van der Waals surface area contributed by atoms with Crippen LogP contribution in [0.15, 0.2) is 4.99 Å². The van der Waals surface area contributed by atoms with Crippen LogP contribution in [0.2, 0.25) is 0 Å². The minimum Gasteiger partial charge on any atom is -0.480 e. The topological polar surface area (TPSA) is 78.9 Å². The van der Waals surface area contributed by atoms with Gasteiger partial charge in [-0.15, -0.1) is 0 Å². The van der Waals surface area contributed by atoms with Crippen molar-refractivity contribution in [1.29, 1.82) is 0 Å². The Labute approximate surface area is 65.5 Å². The fraction of sp³-hybridized carbons (Fsp3) is 0.667. The van der Waals surface area contributed by atoms with Crippen LogP contribution in [-0.4, -0.2) is 42.1 Å².